The van der Waals surface area contributed by atoms with Gasteiger partial charge in [0.1, 0.15) is 13.2 Å². The molecular weight excluding hydrogens is 937 g/mol. The Bertz CT molecular complexity index is 1540. The highest BCUT2D eigenvalue weighted by atomic mass is 16.6. The van der Waals surface area contributed by atoms with Gasteiger partial charge in [0.2, 0.25) is 0 Å². The number of hydrogen-bond donors (Lipinski definition) is 0. The molecule has 0 amide bonds. The monoisotopic (exact) mass is 1050 g/mol. The van der Waals surface area contributed by atoms with Gasteiger partial charge in [0.25, 0.3) is 0 Å². The van der Waals surface area contributed by atoms with Gasteiger partial charge < -0.3 is 14.2 Å². The fourth-order valence-electron chi connectivity index (χ4n) is 8.71. The second kappa shape index (κ2) is 63.6. The van der Waals surface area contributed by atoms with Crippen LogP contribution in [0.25, 0.3) is 0 Å². The fraction of sp³-hybridized carbons (Fsp3) is 0.700. The number of esters is 3. The van der Waals surface area contributed by atoms with E-state index in [0.29, 0.717) is 19.3 Å². The minimum Gasteiger partial charge on any atom is -0.462 e. The number of rotatable bonds is 57. The van der Waals surface area contributed by atoms with Crippen LogP contribution in [0.4, 0.5) is 0 Å². The van der Waals surface area contributed by atoms with Crippen LogP contribution in [0.15, 0.2) is 109 Å². The third-order valence-corrected chi connectivity index (χ3v) is 13.5. The largest absolute Gasteiger partial charge is 0.462 e. The van der Waals surface area contributed by atoms with Crippen LogP contribution in [-0.4, -0.2) is 37.2 Å². The van der Waals surface area contributed by atoms with E-state index in [1.165, 1.54) is 109 Å². The summed E-state index contributed by atoms with van der Waals surface area (Å²) < 4.78 is 16.9. The average molecular weight is 1060 g/mol. The summed E-state index contributed by atoms with van der Waals surface area (Å²) in [6.07, 6.45) is 86.7. The van der Waals surface area contributed by atoms with Gasteiger partial charge in [0.05, 0.1) is 0 Å². The summed E-state index contributed by atoms with van der Waals surface area (Å²) in [6.45, 7) is 6.44. The van der Waals surface area contributed by atoms with E-state index in [1.807, 2.05) is 0 Å². The maximum Gasteiger partial charge on any atom is 0.306 e. The zero-order chi connectivity index (χ0) is 55.0. The lowest BCUT2D eigenvalue weighted by atomic mass is 10.0. The molecule has 0 radical (unpaired) electrons. The van der Waals surface area contributed by atoms with Gasteiger partial charge >= 0.3 is 17.9 Å². The molecule has 0 aliphatic rings. The predicted molar refractivity (Wildman–Crippen MR) is 330 cm³/mol. The van der Waals surface area contributed by atoms with E-state index >= 15 is 0 Å². The Kier molecular flexibility index (Phi) is 60.3. The summed E-state index contributed by atoms with van der Waals surface area (Å²) in [5, 5.41) is 0. The number of carbonyl (C=O) groups is 3. The number of hydrogen-bond acceptors (Lipinski definition) is 6. The lowest BCUT2D eigenvalue weighted by molar-refractivity contribution is -0.167. The van der Waals surface area contributed by atoms with E-state index in [9.17, 15) is 14.4 Å². The van der Waals surface area contributed by atoms with Crippen LogP contribution < -0.4 is 0 Å². The minimum absolute atomic E-state index is 0.0886. The molecule has 6 nitrogen and oxygen atoms in total. The van der Waals surface area contributed by atoms with Crippen LogP contribution in [0, 0.1) is 0 Å². The number of allylic oxidation sites excluding steroid dienone is 18. The maximum atomic E-state index is 12.9. The Morgan fingerprint density at radius 2 is 0.539 bits per heavy atom. The van der Waals surface area contributed by atoms with Crippen molar-refractivity contribution in [2.75, 3.05) is 13.2 Å². The molecule has 0 bridgehead atoms. The van der Waals surface area contributed by atoms with Crippen LogP contribution in [0.1, 0.15) is 297 Å². The Labute approximate surface area is 470 Å². The van der Waals surface area contributed by atoms with Crippen molar-refractivity contribution in [3.63, 3.8) is 0 Å². The van der Waals surface area contributed by atoms with Crippen molar-refractivity contribution in [1.82, 2.24) is 0 Å². The first-order valence-corrected chi connectivity index (χ1v) is 31.9. The molecule has 1 atom stereocenters. The number of unbranched alkanes of at least 4 members (excludes halogenated alkanes) is 28. The maximum absolute atomic E-state index is 12.9. The smallest absolute Gasteiger partial charge is 0.306 e. The minimum atomic E-state index is -0.793. The van der Waals surface area contributed by atoms with E-state index in [1.54, 1.807) is 0 Å². The van der Waals surface area contributed by atoms with Crippen molar-refractivity contribution in [3.8, 4) is 0 Å². The summed E-state index contributed by atoms with van der Waals surface area (Å²) in [5.74, 6) is -0.912. The van der Waals surface area contributed by atoms with Crippen molar-refractivity contribution in [2.24, 2.45) is 0 Å². The molecule has 0 N–H and O–H groups in total. The molecule has 0 heterocycles. The molecule has 0 saturated heterocycles. The standard InChI is InChI=1S/C70H118O6/c1-4-7-10-13-16-19-22-25-27-29-30-31-32-33-34-35-36-37-38-39-40-41-43-45-48-51-54-57-60-63-69(72)75-66-67(65-74-68(71)62-59-56-53-50-47-44-24-21-18-15-12-9-6-3)76-70(73)64-61-58-55-52-49-46-42-28-26-23-20-17-14-11-8-5-2/h7,10,12,15-16,19-21,23-25,27-28,30-31,33-34,42,67H,4-6,8-9,11,13-14,17-18,22,26,29,32,35-41,43-66H2,1-3H3/b10-7-,15-12-,19-16-,23-20-,24-21-,27-25-,31-30-,34-33-,42-28-. The molecule has 0 saturated carbocycles. The summed E-state index contributed by atoms with van der Waals surface area (Å²) in [7, 11) is 0. The van der Waals surface area contributed by atoms with Crippen LogP contribution in [0.2, 0.25) is 0 Å². The van der Waals surface area contributed by atoms with E-state index in [-0.39, 0.29) is 31.1 Å². The van der Waals surface area contributed by atoms with Crippen molar-refractivity contribution in [1.29, 1.82) is 0 Å². The molecule has 0 aliphatic heterocycles. The van der Waals surface area contributed by atoms with Crippen molar-refractivity contribution in [3.05, 3.63) is 109 Å². The van der Waals surface area contributed by atoms with E-state index in [0.717, 1.165) is 148 Å². The first-order chi connectivity index (χ1) is 37.5. The summed E-state index contributed by atoms with van der Waals surface area (Å²) >= 11 is 0. The van der Waals surface area contributed by atoms with Gasteiger partial charge in [0.15, 0.2) is 6.10 Å². The molecule has 0 aromatic rings. The van der Waals surface area contributed by atoms with Crippen LogP contribution in [0.3, 0.4) is 0 Å². The SMILES string of the molecule is CC/C=C\C/C=C\C/C=C\C/C=C\C/C=C\CCCCCCCCCCCCCCCC(=O)OCC(COC(=O)CCCCCCC/C=C\C/C=C\CCC)OC(=O)CCCCCCC/C=C\C/C=C\CCCCCC. The Morgan fingerprint density at radius 3 is 0.855 bits per heavy atom. The zero-order valence-electron chi connectivity index (χ0n) is 49.7. The molecule has 434 valence electrons. The van der Waals surface area contributed by atoms with Gasteiger partial charge in [-0.3, -0.25) is 14.4 Å². The van der Waals surface area contributed by atoms with Gasteiger partial charge in [-0.15, -0.1) is 0 Å². The molecule has 0 aromatic carbocycles. The normalized spacial score (nSPS) is 12.8. The molecule has 6 heteroatoms. The lowest BCUT2D eigenvalue weighted by Crippen LogP contribution is -2.30. The van der Waals surface area contributed by atoms with Crippen molar-refractivity contribution in [2.45, 2.75) is 303 Å². The number of ether oxygens (including phenoxy) is 3. The van der Waals surface area contributed by atoms with E-state index in [2.05, 4.69) is 130 Å². The lowest BCUT2D eigenvalue weighted by Gasteiger charge is -2.18. The fourth-order valence-corrected chi connectivity index (χ4v) is 8.71. The Hall–Kier alpha value is -3.93. The van der Waals surface area contributed by atoms with Crippen molar-refractivity contribution < 1.29 is 28.6 Å². The van der Waals surface area contributed by atoms with Gasteiger partial charge in [-0.1, -0.05) is 265 Å². The number of carbonyl (C=O) groups excluding carboxylic acids is 3. The highest BCUT2D eigenvalue weighted by Crippen LogP contribution is 2.16. The van der Waals surface area contributed by atoms with E-state index in [4.69, 9.17) is 14.2 Å². The highest BCUT2D eigenvalue weighted by molar-refractivity contribution is 5.71. The second-order valence-electron chi connectivity index (χ2n) is 20.9. The van der Waals surface area contributed by atoms with Gasteiger partial charge in [0, 0.05) is 19.3 Å². The van der Waals surface area contributed by atoms with Crippen LogP contribution in [-0.2, 0) is 28.6 Å². The molecule has 0 rings (SSSR count). The average Bonchev–Trinajstić information content (AvgIpc) is 3.42. The summed E-state index contributed by atoms with van der Waals surface area (Å²) in [4.78, 5) is 38.3. The Morgan fingerprint density at radius 1 is 0.276 bits per heavy atom. The predicted octanol–water partition coefficient (Wildman–Crippen LogP) is 21.8. The Balaban J connectivity index is 4.27. The van der Waals surface area contributed by atoms with Crippen LogP contribution >= 0.6 is 0 Å². The van der Waals surface area contributed by atoms with Gasteiger partial charge in [-0.25, -0.2) is 0 Å². The third kappa shape index (κ3) is 60.9. The molecule has 0 aromatic heterocycles. The molecule has 0 fully saturated rings. The van der Waals surface area contributed by atoms with Crippen molar-refractivity contribution >= 4 is 17.9 Å². The molecule has 0 aliphatic carbocycles. The molecule has 0 spiro atoms. The first-order valence-electron chi connectivity index (χ1n) is 31.9. The first kappa shape index (κ1) is 72.1. The van der Waals surface area contributed by atoms with Crippen LogP contribution in [0.5, 0.6) is 0 Å². The van der Waals surface area contributed by atoms with E-state index < -0.39 is 6.10 Å². The summed E-state index contributed by atoms with van der Waals surface area (Å²) in [5.41, 5.74) is 0. The third-order valence-electron chi connectivity index (χ3n) is 13.5. The van der Waals surface area contributed by atoms with Gasteiger partial charge in [-0.2, -0.15) is 0 Å². The molecule has 76 heavy (non-hydrogen) atoms. The molecular formula is C70H118O6. The zero-order valence-corrected chi connectivity index (χ0v) is 49.7. The summed E-state index contributed by atoms with van der Waals surface area (Å²) in [6, 6.07) is 0. The highest BCUT2D eigenvalue weighted by Gasteiger charge is 2.19. The second-order valence-corrected chi connectivity index (χ2v) is 20.9. The quantitative estimate of drug-likeness (QED) is 0.0261. The molecule has 1 unspecified atom stereocenters. The topological polar surface area (TPSA) is 78.9 Å². The van der Waals surface area contributed by atoms with Gasteiger partial charge in [-0.05, 0) is 122 Å².